The highest BCUT2D eigenvalue weighted by molar-refractivity contribution is 5.91. The van der Waals surface area contributed by atoms with Crippen molar-refractivity contribution in [2.24, 2.45) is 0 Å². The normalized spacial score (nSPS) is 17.2. The number of hydrogen-bond acceptors (Lipinski definition) is 5. The molecule has 0 aromatic heterocycles. The minimum absolute atomic E-state index is 0.235. The zero-order chi connectivity index (χ0) is 32.9. The van der Waals surface area contributed by atoms with Crippen molar-refractivity contribution in [2.45, 2.75) is 83.3 Å². The van der Waals surface area contributed by atoms with Gasteiger partial charge in [0.15, 0.2) is 0 Å². The lowest BCUT2D eigenvalue weighted by Crippen LogP contribution is -2.58. The molecule has 2 aliphatic rings. The molecule has 0 fully saturated rings. The molecule has 47 heavy (non-hydrogen) atoms. The number of hydrogen-bond donors (Lipinski definition) is 0. The van der Waals surface area contributed by atoms with Gasteiger partial charge in [-0.2, -0.15) is 0 Å². The fraction of sp³-hybridized carbons (Fsp3) is 0.357. The molecule has 1 unspecified atom stereocenters. The molecule has 1 atom stereocenters. The van der Waals surface area contributed by atoms with Crippen LogP contribution in [0.2, 0.25) is 0 Å². The monoisotopic (exact) mass is 629 g/mol. The first-order valence-corrected chi connectivity index (χ1v) is 17.2. The minimum Gasteiger partial charge on any atom is -0.494 e. The Morgan fingerprint density at radius 1 is 0.766 bits per heavy atom. The first-order chi connectivity index (χ1) is 22.8. The third kappa shape index (κ3) is 6.67. The molecular weight excluding hydrogens is 582 g/mol. The number of para-hydroxylation sites is 1. The Labute approximate surface area is 280 Å². The summed E-state index contributed by atoms with van der Waals surface area (Å²) in [4.78, 5) is 15.1. The largest absolute Gasteiger partial charge is 0.494 e. The molecule has 244 valence electrons. The van der Waals surface area contributed by atoms with Crippen molar-refractivity contribution in [1.82, 2.24) is 0 Å². The molecule has 0 amide bonds. The summed E-state index contributed by atoms with van der Waals surface area (Å²) in [6, 6.07) is 29.6. The summed E-state index contributed by atoms with van der Waals surface area (Å²) < 4.78 is 18.4. The third-order valence-corrected chi connectivity index (χ3v) is 9.85. The average Bonchev–Trinajstić information content (AvgIpc) is 3.25. The van der Waals surface area contributed by atoms with Gasteiger partial charge in [-0.1, -0.05) is 88.3 Å². The van der Waals surface area contributed by atoms with Gasteiger partial charge in [-0.15, -0.1) is 0 Å². The lowest BCUT2D eigenvalue weighted by molar-refractivity contribution is 0.0582. The number of carbonyl (C=O) groups is 1. The highest BCUT2D eigenvalue weighted by atomic mass is 16.5. The molecule has 0 aliphatic carbocycles. The Balaban J connectivity index is 1.02. The van der Waals surface area contributed by atoms with E-state index < -0.39 is 5.72 Å². The van der Waals surface area contributed by atoms with Crippen molar-refractivity contribution in [3.63, 3.8) is 0 Å². The minimum atomic E-state index is -0.600. The lowest BCUT2D eigenvalue weighted by Gasteiger charge is -2.45. The van der Waals surface area contributed by atoms with Crippen molar-refractivity contribution in [2.75, 3.05) is 18.6 Å². The highest BCUT2D eigenvalue weighted by Crippen LogP contribution is 2.54. The zero-order valence-electron chi connectivity index (χ0n) is 28.3. The summed E-state index contributed by atoms with van der Waals surface area (Å²) in [5.41, 5.74) is 5.27. The SMILES string of the molecule is CCCCCCCCCCOc1ccc(C(=O)Oc2ccc(-c3ccc4c(c3)C=CC3(O4)N(C)c4ccccc4C3(C)C)cc2)cc1. The molecule has 6 rings (SSSR count). The van der Waals surface area contributed by atoms with Crippen molar-refractivity contribution in [3.05, 3.63) is 114 Å². The van der Waals surface area contributed by atoms with Crippen molar-refractivity contribution < 1.29 is 19.0 Å². The van der Waals surface area contributed by atoms with Crippen LogP contribution in [-0.4, -0.2) is 25.3 Å². The Bertz CT molecular complexity index is 1710. The van der Waals surface area contributed by atoms with Crippen molar-refractivity contribution >= 4 is 17.7 Å². The fourth-order valence-electron chi connectivity index (χ4n) is 6.95. The van der Waals surface area contributed by atoms with Crippen LogP contribution in [0.5, 0.6) is 17.2 Å². The van der Waals surface area contributed by atoms with Gasteiger partial charge in [0.2, 0.25) is 5.72 Å². The summed E-state index contributed by atoms with van der Waals surface area (Å²) >= 11 is 0. The van der Waals surface area contributed by atoms with E-state index in [1.165, 1.54) is 56.2 Å². The van der Waals surface area contributed by atoms with Gasteiger partial charge < -0.3 is 19.1 Å². The van der Waals surface area contributed by atoms with Gasteiger partial charge >= 0.3 is 5.97 Å². The van der Waals surface area contributed by atoms with E-state index in [0.29, 0.717) is 17.9 Å². The molecule has 0 saturated carbocycles. The molecule has 5 nitrogen and oxygen atoms in total. The predicted octanol–water partition coefficient (Wildman–Crippen LogP) is 10.6. The maximum atomic E-state index is 12.8. The molecule has 0 N–H and O–H groups in total. The molecule has 5 heteroatoms. The first kappa shape index (κ1) is 32.4. The van der Waals surface area contributed by atoms with Crippen molar-refractivity contribution in [1.29, 1.82) is 0 Å². The van der Waals surface area contributed by atoms with Crippen LogP contribution >= 0.6 is 0 Å². The number of unbranched alkanes of at least 4 members (excludes halogenated alkanes) is 7. The highest BCUT2D eigenvalue weighted by Gasteiger charge is 2.57. The van der Waals surface area contributed by atoms with Gasteiger partial charge in [-0.3, -0.25) is 0 Å². The smallest absolute Gasteiger partial charge is 0.343 e. The van der Waals surface area contributed by atoms with Crippen LogP contribution in [0.4, 0.5) is 5.69 Å². The van der Waals surface area contributed by atoms with E-state index in [2.05, 4.69) is 87.3 Å². The molecule has 0 radical (unpaired) electrons. The van der Waals surface area contributed by atoms with Gasteiger partial charge in [0.05, 0.1) is 17.6 Å². The van der Waals surface area contributed by atoms with Gasteiger partial charge in [0.25, 0.3) is 0 Å². The van der Waals surface area contributed by atoms with Crippen LogP contribution in [-0.2, 0) is 5.41 Å². The van der Waals surface area contributed by atoms with E-state index in [9.17, 15) is 4.79 Å². The first-order valence-electron chi connectivity index (χ1n) is 17.2. The number of ether oxygens (including phenoxy) is 3. The van der Waals surface area contributed by atoms with E-state index in [-0.39, 0.29) is 11.4 Å². The average molecular weight is 630 g/mol. The van der Waals surface area contributed by atoms with Crippen LogP contribution in [0, 0.1) is 0 Å². The molecular formula is C42H47NO4. The van der Waals surface area contributed by atoms with Gasteiger partial charge in [0, 0.05) is 18.3 Å². The molecule has 2 heterocycles. The number of benzene rings is 4. The predicted molar refractivity (Wildman–Crippen MR) is 192 cm³/mol. The zero-order valence-corrected chi connectivity index (χ0v) is 28.3. The summed E-state index contributed by atoms with van der Waals surface area (Å²) in [7, 11) is 2.11. The number of nitrogens with zero attached hydrogens (tertiary/aromatic N) is 1. The van der Waals surface area contributed by atoms with E-state index in [1.807, 2.05) is 36.4 Å². The second-order valence-corrected chi connectivity index (χ2v) is 13.3. The van der Waals surface area contributed by atoms with Crippen LogP contribution in [0.15, 0.2) is 97.1 Å². The topological polar surface area (TPSA) is 48.0 Å². The number of likely N-dealkylation sites (N-methyl/N-ethyl adjacent to an activating group) is 1. The second kappa shape index (κ2) is 14.1. The molecule has 0 saturated heterocycles. The van der Waals surface area contributed by atoms with E-state index >= 15 is 0 Å². The molecule has 4 aromatic carbocycles. The molecule has 2 aliphatic heterocycles. The summed E-state index contributed by atoms with van der Waals surface area (Å²) in [6.45, 7) is 7.44. The van der Waals surface area contributed by atoms with E-state index in [0.717, 1.165) is 34.6 Å². The van der Waals surface area contributed by atoms with E-state index in [1.54, 1.807) is 12.1 Å². The number of esters is 1. The molecule has 0 bridgehead atoms. The Kier molecular flexibility index (Phi) is 9.72. The Morgan fingerprint density at radius 3 is 2.15 bits per heavy atom. The molecule has 1 spiro atoms. The third-order valence-electron chi connectivity index (χ3n) is 9.85. The second-order valence-electron chi connectivity index (χ2n) is 13.3. The maximum Gasteiger partial charge on any atom is 0.343 e. The van der Waals surface area contributed by atoms with Crippen LogP contribution < -0.4 is 19.1 Å². The lowest BCUT2D eigenvalue weighted by atomic mass is 9.76. The number of fused-ring (bicyclic) bond motifs is 2. The standard InChI is InChI=1S/C42H47NO4/c1-5-6-7-8-9-10-11-14-29-45-35-22-19-32(20-23-35)40(44)46-36-24-17-31(18-25-36)33-21-26-39-34(30-33)27-28-42(47-39)41(2,3)37-15-12-13-16-38(37)43(42)4/h12-13,15-28,30H,5-11,14,29H2,1-4H3. The molecule has 4 aromatic rings. The van der Waals surface area contributed by atoms with Crippen LogP contribution in [0.25, 0.3) is 17.2 Å². The summed E-state index contributed by atoms with van der Waals surface area (Å²) in [5.74, 6) is 1.75. The number of anilines is 1. The van der Waals surface area contributed by atoms with Gasteiger partial charge in [0.1, 0.15) is 17.2 Å². The summed E-state index contributed by atoms with van der Waals surface area (Å²) in [6.07, 6.45) is 14.5. The Morgan fingerprint density at radius 2 is 1.43 bits per heavy atom. The van der Waals surface area contributed by atoms with E-state index in [4.69, 9.17) is 14.2 Å². The quantitative estimate of drug-likeness (QED) is 0.0837. The summed E-state index contributed by atoms with van der Waals surface area (Å²) in [5, 5.41) is 0. The fourth-order valence-corrected chi connectivity index (χ4v) is 6.95. The van der Waals surface area contributed by atoms with Crippen molar-refractivity contribution in [3.8, 4) is 28.4 Å². The maximum absolute atomic E-state index is 12.8. The van der Waals surface area contributed by atoms with Gasteiger partial charge in [-0.25, -0.2) is 4.79 Å². The van der Waals surface area contributed by atoms with Gasteiger partial charge in [-0.05, 0) is 104 Å². The number of carbonyl (C=O) groups excluding carboxylic acids is 1. The Hall–Kier alpha value is -4.51. The van der Waals surface area contributed by atoms with Crippen LogP contribution in [0.3, 0.4) is 0 Å². The van der Waals surface area contributed by atoms with Crippen LogP contribution in [0.1, 0.15) is 93.6 Å². The number of rotatable bonds is 13.